The van der Waals surface area contributed by atoms with Crippen molar-refractivity contribution in [2.75, 3.05) is 12.4 Å². The largest absolute Gasteiger partial charge is 0.467 e. The first kappa shape index (κ1) is 10.5. The summed E-state index contributed by atoms with van der Waals surface area (Å²) in [5.41, 5.74) is 0. The van der Waals surface area contributed by atoms with Crippen LogP contribution >= 0.6 is 11.6 Å². The van der Waals surface area contributed by atoms with Crippen molar-refractivity contribution in [1.29, 1.82) is 0 Å². The zero-order valence-corrected chi connectivity index (χ0v) is 9.58. The van der Waals surface area contributed by atoms with E-state index in [4.69, 9.17) is 16.3 Å². The first-order valence-electron chi connectivity index (χ1n) is 5.03. The van der Waals surface area contributed by atoms with Crippen molar-refractivity contribution >= 4 is 17.4 Å². The van der Waals surface area contributed by atoms with E-state index in [9.17, 15) is 0 Å². The Morgan fingerprint density at radius 2 is 2.33 bits per heavy atom. The van der Waals surface area contributed by atoms with Gasteiger partial charge in [0.1, 0.15) is 5.02 Å². The molecule has 1 fully saturated rings. The van der Waals surface area contributed by atoms with Gasteiger partial charge >= 0.3 is 6.01 Å². The summed E-state index contributed by atoms with van der Waals surface area (Å²) in [6.45, 7) is 2.14. The Bertz CT molecular complexity index is 355. The van der Waals surface area contributed by atoms with E-state index in [0.29, 0.717) is 22.9 Å². The van der Waals surface area contributed by atoms with E-state index in [1.807, 2.05) is 0 Å². The Balaban J connectivity index is 2.11. The van der Waals surface area contributed by atoms with Gasteiger partial charge in [-0.05, 0) is 25.7 Å². The van der Waals surface area contributed by atoms with Gasteiger partial charge in [-0.1, -0.05) is 11.6 Å². The Morgan fingerprint density at radius 3 is 2.93 bits per heavy atom. The van der Waals surface area contributed by atoms with E-state index in [1.165, 1.54) is 20.0 Å². The van der Waals surface area contributed by atoms with Gasteiger partial charge in [-0.15, -0.1) is 0 Å². The molecule has 1 heterocycles. The topological polar surface area (TPSA) is 47.0 Å². The molecule has 4 nitrogen and oxygen atoms in total. The normalized spacial score (nSPS) is 17.3. The molecule has 1 aliphatic carbocycles. The predicted octanol–water partition coefficient (Wildman–Crippen LogP) is 2.35. The SMILES string of the molecule is COc1ncc(Cl)c(NC(C)C2CC2)n1. The van der Waals surface area contributed by atoms with E-state index in [-0.39, 0.29) is 0 Å². The molecule has 0 bridgehead atoms. The standard InChI is InChI=1S/C10H14ClN3O/c1-6(7-3-4-7)13-9-8(11)5-12-10(14-9)15-2/h5-7H,3-4H2,1-2H3,(H,12,13,14). The van der Waals surface area contributed by atoms with Crippen molar-refractivity contribution < 1.29 is 4.74 Å². The lowest BCUT2D eigenvalue weighted by Crippen LogP contribution is -2.18. The third kappa shape index (κ3) is 2.50. The highest BCUT2D eigenvalue weighted by Crippen LogP contribution is 2.34. The lowest BCUT2D eigenvalue weighted by Gasteiger charge is -2.14. The zero-order chi connectivity index (χ0) is 10.8. The summed E-state index contributed by atoms with van der Waals surface area (Å²) < 4.78 is 4.95. The van der Waals surface area contributed by atoms with Gasteiger partial charge in [-0.3, -0.25) is 0 Å². The molecule has 0 radical (unpaired) electrons. The van der Waals surface area contributed by atoms with Crippen molar-refractivity contribution in [2.45, 2.75) is 25.8 Å². The van der Waals surface area contributed by atoms with Crippen LogP contribution in [-0.4, -0.2) is 23.1 Å². The van der Waals surface area contributed by atoms with Crippen molar-refractivity contribution in [3.05, 3.63) is 11.2 Å². The maximum absolute atomic E-state index is 5.98. The number of rotatable bonds is 4. The average Bonchev–Trinajstić information content (AvgIpc) is 3.04. The van der Waals surface area contributed by atoms with Crippen molar-refractivity contribution in [3.8, 4) is 6.01 Å². The quantitative estimate of drug-likeness (QED) is 0.858. The summed E-state index contributed by atoms with van der Waals surface area (Å²) in [6, 6.07) is 0.743. The number of nitrogens with zero attached hydrogens (tertiary/aromatic N) is 2. The van der Waals surface area contributed by atoms with Crippen LogP contribution in [0, 0.1) is 5.92 Å². The molecule has 1 N–H and O–H groups in total. The fourth-order valence-corrected chi connectivity index (χ4v) is 1.63. The molecule has 1 aliphatic rings. The minimum Gasteiger partial charge on any atom is -0.467 e. The number of nitrogens with one attached hydrogen (secondary N) is 1. The first-order chi connectivity index (χ1) is 7.20. The van der Waals surface area contributed by atoms with E-state index in [0.717, 1.165) is 5.92 Å². The molecule has 15 heavy (non-hydrogen) atoms. The van der Waals surface area contributed by atoms with Gasteiger partial charge in [0, 0.05) is 6.04 Å². The van der Waals surface area contributed by atoms with Crippen LogP contribution in [0.4, 0.5) is 5.82 Å². The number of methoxy groups -OCH3 is 1. The van der Waals surface area contributed by atoms with Crippen molar-refractivity contribution in [3.63, 3.8) is 0 Å². The molecule has 1 atom stereocenters. The summed E-state index contributed by atoms with van der Waals surface area (Å²) in [7, 11) is 1.54. The fraction of sp³-hybridized carbons (Fsp3) is 0.600. The van der Waals surface area contributed by atoms with Crippen LogP contribution in [0.5, 0.6) is 6.01 Å². The number of ether oxygens (including phenoxy) is 1. The Morgan fingerprint density at radius 1 is 1.60 bits per heavy atom. The van der Waals surface area contributed by atoms with Gasteiger partial charge in [-0.2, -0.15) is 4.98 Å². The van der Waals surface area contributed by atoms with Gasteiger partial charge < -0.3 is 10.1 Å². The van der Waals surface area contributed by atoms with Crippen molar-refractivity contribution in [1.82, 2.24) is 9.97 Å². The molecular formula is C10H14ClN3O. The minimum atomic E-state index is 0.338. The summed E-state index contributed by atoms with van der Waals surface area (Å²) >= 11 is 5.98. The van der Waals surface area contributed by atoms with E-state index in [1.54, 1.807) is 6.20 Å². The number of hydrogen-bond acceptors (Lipinski definition) is 4. The van der Waals surface area contributed by atoms with Gasteiger partial charge in [0.15, 0.2) is 5.82 Å². The summed E-state index contributed by atoms with van der Waals surface area (Å²) in [4.78, 5) is 8.08. The molecular weight excluding hydrogens is 214 g/mol. The Hall–Kier alpha value is -1.03. The third-order valence-electron chi connectivity index (χ3n) is 2.60. The second kappa shape index (κ2) is 4.23. The predicted molar refractivity (Wildman–Crippen MR) is 59.4 cm³/mol. The van der Waals surface area contributed by atoms with Gasteiger partial charge in [0.25, 0.3) is 0 Å². The average molecular weight is 228 g/mol. The summed E-state index contributed by atoms with van der Waals surface area (Å²) in [6.07, 6.45) is 4.12. The first-order valence-corrected chi connectivity index (χ1v) is 5.41. The highest BCUT2D eigenvalue weighted by atomic mass is 35.5. The molecule has 1 unspecified atom stereocenters. The van der Waals surface area contributed by atoms with Gasteiger partial charge in [0.05, 0.1) is 13.3 Å². The molecule has 0 spiro atoms. The molecule has 2 rings (SSSR count). The molecule has 1 aromatic heterocycles. The fourth-order valence-electron chi connectivity index (χ4n) is 1.48. The second-order valence-electron chi connectivity index (χ2n) is 3.82. The number of aromatic nitrogens is 2. The Kier molecular flexibility index (Phi) is 2.95. The van der Waals surface area contributed by atoms with E-state index in [2.05, 4.69) is 22.2 Å². The third-order valence-corrected chi connectivity index (χ3v) is 2.87. The maximum atomic E-state index is 5.98. The molecule has 5 heteroatoms. The van der Waals surface area contributed by atoms with Gasteiger partial charge in [0.2, 0.25) is 0 Å². The second-order valence-corrected chi connectivity index (χ2v) is 4.23. The highest BCUT2D eigenvalue weighted by molar-refractivity contribution is 6.32. The van der Waals surface area contributed by atoms with Crippen LogP contribution in [0.3, 0.4) is 0 Å². The molecule has 0 aliphatic heterocycles. The zero-order valence-electron chi connectivity index (χ0n) is 8.83. The van der Waals surface area contributed by atoms with Crippen LogP contribution in [0.1, 0.15) is 19.8 Å². The lowest BCUT2D eigenvalue weighted by atomic mass is 10.2. The maximum Gasteiger partial charge on any atom is 0.318 e. The van der Waals surface area contributed by atoms with Crippen molar-refractivity contribution in [2.24, 2.45) is 5.92 Å². The monoisotopic (exact) mass is 227 g/mol. The lowest BCUT2D eigenvalue weighted by molar-refractivity contribution is 0.380. The molecule has 0 amide bonds. The summed E-state index contributed by atoms with van der Waals surface area (Å²) in [5.74, 6) is 1.41. The molecule has 82 valence electrons. The van der Waals surface area contributed by atoms with Crippen LogP contribution < -0.4 is 10.1 Å². The smallest absolute Gasteiger partial charge is 0.318 e. The Labute approximate surface area is 94.0 Å². The van der Waals surface area contributed by atoms with E-state index >= 15 is 0 Å². The van der Waals surface area contributed by atoms with Gasteiger partial charge in [-0.25, -0.2) is 4.98 Å². The van der Waals surface area contributed by atoms with Crippen LogP contribution in [0.25, 0.3) is 0 Å². The van der Waals surface area contributed by atoms with Crippen LogP contribution in [0.2, 0.25) is 5.02 Å². The molecule has 0 aromatic carbocycles. The molecule has 1 aromatic rings. The highest BCUT2D eigenvalue weighted by Gasteiger charge is 2.28. The number of hydrogen-bond donors (Lipinski definition) is 1. The molecule has 0 saturated heterocycles. The van der Waals surface area contributed by atoms with Crippen LogP contribution in [0.15, 0.2) is 6.20 Å². The molecule has 1 saturated carbocycles. The minimum absolute atomic E-state index is 0.338. The summed E-state index contributed by atoms with van der Waals surface area (Å²) in [5, 5.41) is 3.81. The number of anilines is 1. The number of halogens is 1. The van der Waals surface area contributed by atoms with Crippen LogP contribution in [-0.2, 0) is 0 Å². The van der Waals surface area contributed by atoms with E-state index < -0.39 is 0 Å².